The van der Waals surface area contributed by atoms with E-state index in [-0.39, 0.29) is 0 Å². The minimum atomic E-state index is -0.879. The van der Waals surface area contributed by atoms with E-state index in [1.54, 1.807) is 36.5 Å². The van der Waals surface area contributed by atoms with Crippen molar-refractivity contribution in [1.29, 1.82) is 0 Å². The van der Waals surface area contributed by atoms with Crippen LogP contribution < -0.4 is 0 Å². The van der Waals surface area contributed by atoms with Gasteiger partial charge in [-0.05, 0) is 24.3 Å². The lowest BCUT2D eigenvalue weighted by Crippen LogP contribution is -1.93. The van der Waals surface area contributed by atoms with Crippen LogP contribution in [-0.4, -0.2) is 16.1 Å². The van der Waals surface area contributed by atoms with Crippen LogP contribution in [0.4, 0.5) is 0 Å². The highest BCUT2D eigenvalue weighted by Crippen LogP contribution is 2.11. The van der Waals surface area contributed by atoms with E-state index in [2.05, 4.69) is 11.6 Å². The Hall–Kier alpha value is -2.13. The molecule has 1 aromatic carbocycles. The third-order valence-electron chi connectivity index (χ3n) is 1.96. The first-order chi connectivity index (χ1) is 8.61. The smallest absolute Gasteiger partial charge is 0.335 e. The van der Waals surface area contributed by atoms with Crippen LogP contribution in [0.3, 0.4) is 0 Å². The maximum Gasteiger partial charge on any atom is 0.335 e. The fourth-order valence-corrected chi connectivity index (χ4v) is 1.22. The number of pyridine rings is 1. The number of hydrogen-bond acceptors (Lipinski definition) is 2. The molecule has 18 heavy (non-hydrogen) atoms. The minimum Gasteiger partial charge on any atom is -0.478 e. The normalized spacial score (nSPS) is 8.94. The highest BCUT2D eigenvalue weighted by molar-refractivity contribution is 6.47. The van der Waals surface area contributed by atoms with E-state index < -0.39 is 5.97 Å². The Kier molecular flexibility index (Phi) is 5.61. The van der Waals surface area contributed by atoms with E-state index in [4.69, 9.17) is 16.7 Å². The summed E-state index contributed by atoms with van der Waals surface area (Å²) in [5.74, 6) is -0.879. The molecule has 1 heterocycles. The maximum atomic E-state index is 10.2. The molecule has 3 nitrogen and oxygen atoms in total. The topological polar surface area (TPSA) is 50.2 Å². The summed E-state index contributed by atoms with van der Waals surface area (Å²) in [4.78, 5) is 14.1. The third kappa shape index (κ3) is 4.80. The number of halogens is 1. The number of carboxylic acids is 1. The van der Waals surface area contributed by atoms with E-state index in [0.29, 0.717) is 10.6 Å². The van der Waals surface area contributed by atoms with Crippen molar-refractivity contribution in [1.82, 2.24) is 4.98 Å². The van der Waals surface area contributed by atoms with Crippen molar-refractivity contribution < 1.29 is 9.90 Å². The van der Waals surface area contributed by atoms with Gasteiger partial charge in [-0.2, -0.15) is 0 Å². The molecule has 4 heteroatoms. The third-order valence-corrected chi connectivity index (χ3v) is 2.16. The monoisotopic (exact) mass is 261 g/mol. The standard InChI is InChI=1S/C7H6ClN.C7H6O2/c1-6(8)7-4-2-3-5-9-7;8-7(9)6-4-2-1-3-5-6/h2-5H,1H2;1-5H,(H,8,9). The van der Waals surface area contributed by atoms with E-state index in [1.165, 1.54) is 0 Å². The number of nitrogens with zero attached hydrogens (tertiary/aromatic N) is 1. The molecule has 2 rings (SSSR count). The molecule has 0 atom stereocenters. The predicted molar refractivity (Wildman–Crippen MR) is 72.5 cm³/mol. The number of rotatable bonds is 2. The number of benzene rings is 1. The lowest BCUT2D eigenvalue weighted by Gasteiger charge is -1.91. The van der Waals surface area contributed by atoms with Gasteiger partial charge in [-0.3, -0.25) is 4.98 Å². The SMILES string of the molecule is C=C(Cl)c1ccccn1.O=C(O)c1ccccc1. The molecule has 0 aliphatic rings. The molecule has 0 spiro atoms. The molecule has 0 unspecified atom stereocenters. The van der Waals surface area contributed by atoms with Gasteiger partial charge in [0, 0.05) is 6.20 Å². The second-order valence-corrected chi connectivity index (χ2v) is 3.75. The predicted octanol–water partition coefficient (Wildman–Crippen LogP) is 3.68. The second-order valence-electron chi connectivity index (χ2n) is 3.29. The molecule has 1 N–H and O–H groups in total. The summed E-state index contributed by atoms with van der Waals surface area (Å²) in [6.45, 7) is 3.53. The van der Waals surface area contributed by atoms with Crippen molar-refractivity contribution in [3.63, 3.8) is 0 Å². The van der Waals surface area contributed by atoms with Crippen LogP contribution in [0.2, 0.25) is 0 Å². The first-order valence-electron chi connectivity index (χ1n) is 5.15. The van der Waals surface area contributed by atoms with Gasteiger partial charge in [-0.25, -0.2) is 4.79 Å². The molecule has 0 fully saturated rings. The average molecular weight is 262 g/mol. The van der Waals surface area contributed by atoms with Crippen LogP contribution >= 0.6 is 11.6 Å². The second kappa shape index (κ2) is 7.25. The first-order valence-corrected chi connectivity index (χ1v) is 5.53. The van der Waals surface area contributed by atoms with Gasteiger partial charge in [0.25, 0.3) is 0 Å². The van der Waals surface area contributed by atoms with Gasteiger partial charge in [0.1, 0.15) is 0 Å². The van der Waals surface area contributed by atoms with Crippen molar-refractivity contribution in [2.75, 3.05) is 0 Å². The summed E-state index contributed by atoms with van der Waals surface area (Å²) in [5.41, 5.74) is 1.07. The minimum absolute atomic E-state index is 0.331. The van der Waals surface area contributed by atoms with Gasteiger partial charge in [-0.15, -0.1) is 0 Å². The number of carboxylic acid groups (broad SMARTS) is 1. The molecule has 0 amide bonds. The molecular weight excluding hydrogens is 250 g/mol. The Balaban J connectivity index is 0.000000180. The quantitative estimate of drug-likeness (QED) is 0.897. The lowest BCUT2D eigenvalue weighted by molar-refractivity contribution is 0.0697. The van der Waals surface area contributed by atoms with Crippen molar-refractivity contribution in [3.8, 4) is 0 Å². The van der Waals surface area contributed by atoms with Crippen LogP contribution in [-0.2, 0) is 0 Å². The molecule has 92 valence electrons. The van der Waals surface area contributed by atoms with E-state index >= 15 is 0 Å². The maximum absolute atomic E-state index is 10.2. The van der Waals surface area contributed by atoms with E-state index in [9.17, 15) is 4.79 Å². The zero-order valence-electron chi connectivity index (χ0n) is 9.58. The van der Waals surface area contributed by atoms with Gasteiger partial charge in [0.15, 0.2) is 0 Å². The molecule has 0 aliphatic heterocycles. The summed E-state index contributed by atoms with van der Waals surface area (Å²) in [7, 11) is 0. The van der Waals surface area contributed by atoms with Crippen LogP contribution in [0.1, 0.15) is 16.1 Å². The lowest BCUT2D eigenvalue weighted by atomic mass is 10.2. The van der Waals surface area contributed by atoms with Crippen LogP contribution in [0.25, 0.3) is 5.03 Å². The number of carbonyl (C=O) groups is 1. The largest absolute Gasteiger partial charge is 0.478 e. The molecular formula is C14H12ClNO2. The van der Waals surface area contributed by atoms with E-state index in [0.717, 1.165) is 5.69 Å². The van der Waals surface area contributed by atoms with Gasteiger partial charge in [0.05, 0.1) is 16.3 Å². The van der Waals surface area contributed by atoms with Crippen molar-refractivity contribution in [3.05, 3.63) is 72.6 Å². The van der Waals surface area contributed by atoms with Crippen molar-refractivity contribution in [2.45, 2.75) is 0 Å². The molecule has 0 radical (unpaired) electrons. The van der Waals surface area contributed by atoms with Crippen LogP contribution in [0.5, 0.6) is 0 Å². The van der Waals surface area contributed by atoms with Crippen LogP contribution in [0, 0.1) is 0 Å². The van der Waals surface area contributed by atoms with Gasteiger partial charge in [-0.1, -0.05) is 42.4 Å². The van der Waals surface area contributed by atoms with Crippen molar-refractivity contribution >= 4 is 22.6 Å². The fraction of sp³-hybridized carbons (Fsp3) is 0. The summed E-state index contributed by atoms with van der Waals surface area (Å²) in [5, 5.41) is 8.87. The summed E-state index contributed by atoms with van der Waals surface area (Å²) < 4.78 is 0. The zero-order valence-corrected chi connectivity index (χ0v) is 10.3. The highest BCUT2D eigenvalue weighted by Gasteiger charge is 1.96. The van der Waals surface area contributed by atoms with E-state index in [1.807, 2.05) is 18.2 Å². The Morgan fingerprint density at radius 1 is 1.11 bits per heavy atom. The molecule has 2 aromatic rings. The summed E-state index contributed by atoms with van der Waals surface area (Å²) in [6, 6.07) is 13.8. The number of aromatic carboxylic acids is 1. The molecule has 0 saturated carbocycles. The summed E-state index contributed by atoms with van der Waals surface area (Å²) in [6.07, 6.45) is 1.68. The Morgan fingerprint density at radius 2 is 1.72 bits per heavy atom. The van der Waals surface area contributed by atoms with Crippen molar-refractivity contribution in [2.24, 2.45) is 0 Å². The number of aromatic nitrogens is 1. The summed E-state index contributed by atoms with van der Waals surface area (Å²) >= 11 is 5.55. The Labute approximate surface area is 110 Å². The van der Waals surface area contributed by atoms with Gasteiger partial charge in [0.2, 0.25) is 0 Å². The van der Waals surface area contributed by atoms with Crippen LogP contribution in [0.15, 0.2) is 61.3 Å². The van der Waals surface area contributed by atoms with Gasteiger partial charge >= 0.3 is 5.97 Å². The Bertz CT molecular complexity index is 462. The first kappa shape index (κ1) is 13.9. The molecule has 0 aliphatic carbocycles. The highest BCUT2D eigenvalue weighted by atomic mass is 35.5. The van der Waals surface area contributed by atoms with Gasteiger partial charge < -0.3 is 5.11 Å². The zero-order chi connectivity index (χ0) is 13.4. The average Bonchev–Trinajstić information content (AvgIpc) is 2.41. The molecule has 0 saturated heterocycles. The number of hydrogen-bond donors (Lipinski definition) is 1. The molecule has 1 aromatic heterocycles. The Morgan fingerprint density at radius 3 is 2.06 bits per heavy atom. The molecule has 0 bridgehead atoms. The fourth-order valence-electron chi connectivity index (χ4n) is 1.10.